The van der Waals surface area contributed by atoms with E-state index >= 15 is 0 Å². The highest BCUT2D eigenvalue weighted by molar-refractivity contribution is 7.99. The fraction of sp³-hybridized carbons (Fsp3) is 0.267. The minimum Gasteiger partial charge on any atom is -0.313 e. The van der Waals surface area contributed by atoms with E-state index in [-0.39, 0.29) is 0 Å². The van der Waals surface area contributed by atoms with Gasteiger partial charge in [-0.3, -0.25) is 0 Å². The molecule has 2 aromatic rings. The van der Waals surface area contributed by atoms with Crippen molar-refractivity contribution in [3.05, 3.63) is 53.7 Å². The Labute approximate surface area is 113 Å². The smallest absolute Gasteiger partial charge is 0.105 e. The molecule has 0 saturated carbocycles. The molecular weight excluding hydrogens is 240 g/mol. The van der Waals surface area contributed by atoms with Crippen molar-refractivity contribution in [3.63, 3.8) is 0 Å². The molecule has 2 rings (SSSR count). The lowest BCUT2D eigenvalue weighted by Crippen LogP contribution is -2.12. The zero-order valence-electron chi connectivity index (χ0n) is 10.8. The van der Waals surface area contributed by atoms with Gasteiger partial charge in [-0.15, -0.1) is 0 Å². The Morgan fingerprint density at radius 2 is 2.00 bits per heavy atom. The van der Waals surface area contributed by atoms with Gasteiger partial charge in [0.15, 0.2) is 0 Å². The Kier molecular flexibility index (Phi) is 4.79. The largest absolute Gasteiger partial charge is 0.313 e. The Morgan fingerprint density at radius 3 is 2.78 bits per heavy atom. The van der Waals surface area contributed by atoms with E-state index in [0.717, 1.165) is 18.1 Å². The molecule has 0 atom stereocenters. The Morgan fingerprint density at radius 1 is 1.17 bits per heavy atom. The van der Waals surface area contributed by atoms with Crippen LogP contribution < -0.4 is 5.32 Å². The van der Waals surface area contributed by atoms with Gasteiger partial charge in [-0.05, 0) is 36.7 Å². The van der Waals surface area contributed by atoms with E-state index < -0.39 is 0 Å². The van der Waals surface area contributed by atoms with Gasteiger partial charge in [-0.2, -0.15) is 0 Å². The lowest BCUT2D eigenvalue weighted by molar-refractivity contribution is 0.711. The molecule has 0 amide bonds. The number of aromatic nitrogens is 1. The van der Waals surface area contributed by atoms with Gasteiger partial charge in [0, 0.05) is 17.6 Å². The van der Waals surface area contributed by atoms with Crippen LogP contribution in [-0.4, -0.2) is 11.5 Å². The second-order valence-electron chi connectivity index (χ2n) is 4.12. The lowest BCUT2D eigenvalue weighted by Gasteiger charge is -2.09. The summed E-state index contributed by atoms with van der Waals surface area (Å²) >= 11 is 1.74. The third-order valence-electron chi connectivity index (χ3n) is 2.72. The van der Waals surface area contributed by atoms with Crippen molar-refractivity contribution in [2.24, 2.45) is 0 Å². The molecule has 2 nitrogen and oxygen atoms in total. The molecule has 18 heavy (non-hydrogen) atoms. The Balaban J connectivity index is 2.21. The topological polar surface area (TPSA) is 24.9 Å². The third kappa shape index (κ3) is 3.34. The first-order chi connectivity index (χ1) is 8.81. The number of benzene rings is 1. The maximum Gasteiger partial charge on any atom is 0.105 e. The van der Waals surface area contributed by atoms with E-state index in [1.807, 2.05) is 12.3 Å². The molecule has 0 fully saturated rings. The van der Waals surface area contributed by atoms with Crippen LogP contribution >= 0.6 is 11.8 Å². The number of aryl methyl sites for hydroxylation is 1. The molecule has 0 unspecified atom stereocenters. The van der Waals surface area contributed by atoms with Crippen LogP contribution in [0.15, 0.2) is 52.5 Å². The highest BCUT2D eigenvalue weighted by Gasteiger charge is 2.06. The van der Waals surface area contributed by atoms with Crippen molar-refractivity contribution in [3.8, 4) is 0 Å². The van der Waals surface area contributed by atoms with Gasteiger partial charge in [0.25, 0.3) is 0 Å². The zero-order chi connectivity index (χ0) is 12.8. The summed E-state index contributed by atoms with van der Waals surface area (Å²) in [6.45, 7) is 6.10. The van der Waals surface area contributed by atoms with Crippen LogP contribution in [0.5, 0.6) is 0 Å². The van der Waals surface area contributed by atoms with Gasteiger partial charge in [0.1, 0.15) is 5.03 Å². The molecule has 0 bridgehead atoms. The number of rotatable bonds is 5. The fourth-order valence-electron chi connectivity index (χ4n) is 1.69. The molecule has 0 aliphatic heterocycles. The van der Waals surface area contributed by atoms with Gasteiger partial charge in [0.05, 0.1) is 0 Å². The predicted octanol–water partition coefficient (Wildman–Crippen LogP) is 3.65. The van der Waals surface area contributed by atoms with Crippen molar-refractivity contribution >= 4 is 11.8 Å². The fourth-order valence-corrected chi connectivity index (χ4v) is 2.65. The summed E-state index contributed by atoms with van der Waals surface area (Å²) in [5.74, 6) is 0. The SMILES string of the molecule is CCNCc1cccnc1Sc1ccccc1C. The van der Waals surface area contributed by atoms with Gasteiger partial charge in [0.2, 0.25) is 0 Å². The molecular formula is C15H18N2S. The standard InChI is InChI=1S/C15H18N2S/c1-3-16-11-13-8-6-10-17-15(13)18-14-9-5-4-7-12(14)2/h4-10,16H,3,11H2,1-2H3. The quantitative estimate of drug-likeness (QED) is 0.886. The summed E-state index contributed by atoms with van der Waals surface area (Å²) in [7, 11) is 0. The van der Waals surface area contributed by atoms with Crippen LogP contribution in [0.3, 0.4) is 0 Å². The van der Waals surface area contributed by atoms with Crippen LogP contribution in [0.25, 0.3) is 0 Å². The number of nitrogens with zero attached hydrogens (tertiary/aromatic N) is 1. The van der Waals surface area contributed by atoms with Crippen molar-refractivity contribution in [1.82, 2.24) is 10.3 Å². The van der Waals surface area contributed by atoms with Gasteiger partial charge < -0.3 is 5.32 Å². The molecule has 3 heteroatoms. The zero-order valence-corrected chi connectivity index (χ0v) is 11.6. The molecule has 1 N–H and O–H groups in total. The average Bonchev–Trinajstić information content (AvgIpc) is 2.40. The molecule has 0 spiro atoms. The van der Waals surface area contributed by atoms with Crippen LogP contribution in [0.4, 0.5) is 0 Å². The van der Waals surface area contributed by atoms with E-state index in [4.69, 9.17) is 0 Å². The first-order valence-electron chi connectivity index (χ1n) is 6.19. The Hall–Kier alpha value is -1.32. The van der Waals surface area contributed by atoms with Crippen molar-refractivity contribution < 1.29 is 0 Å². The third-order valence-corrected chi connectivity index (χ3v) is 3.95. The Bertz CT molecular complexity index is 511. The summed E-state index contributed by atoms with van der Waals surface area (Å²) < 4.78 is 0. The van der Waals surface area contributed by atoms with Gasteiger partial charge >= 0.3 is 0 Å². The number of hydrogen-bond acceptors (Lipinski definition) is 3. The van der Waals surface area contributed by atoms with Crippen LogP contribution in [0, 0.1) is 6.92 Å². The summed E-state index contributed by atoms with van der Waals surface area (Å²) in [6.07, 6.45) is 1.86. The first kappa shape index (κ1) is 13.1. The maximum absolute atomic E-state index is 4.49. The summed E-state index contributed by atoms with van der Waals surface area (Å²) in [5, 5.41) is 4.44. The summed E-state index contributed by atoms with van der Waals surface area (Å²) in [4.78, 5) is 5.76. The minimum atomic E-state index is 0.874. The molecule has 0 radical (unpaired) electrons. The van der Waals surface area contributed by atoms with E-state index in [1.54, 1.807) is 11.8 Å². The predicted molar refractivity (Wildman–Crippen MR) is 76.9 cm³/mol. The molecule has 94 valence electrons. The molecule has 1 heterocycles. The highest BCUT2D eigenvalue weighted by atomic mass is 32.2. The number of hydrogen-bond donors (Lipinski definition) is 1. The van der Waals surface area contributed by atoms with Gasteiger partial charge in [-0.1, -0.05) is 43.0 Å². The summed E-state index contributed by atoms with van der Waals surface area (Å²) in [5.41, 5.74) is 2.55. The lowest BCUT2D eigenvalue weighted by atomic mass is 10.2. The van der Waals surface area contributed by atoms with Crippen LogP contribution in [0.2, 0.25) is 0 Å². The highest BCUT2D eigenvalue weighted by Crippen LogP contribution is 2.30. The number of pyridine rings is 1. The van der Waals surface area contributed by atoms with E-state index in [2.05, 4.69) is 54.5 Å². The van der Waals surface area contributed by atoms with Crippen molar-refractivity contribution in [2.45, 2.75) is 30.3 Å². The molecule has 0 saturated heterocycles. The first-order valence-corrected chi connectivity index (χ1v) is 7.01. The van der Waals surface area contributed by atoms with E-state index in [9.17, 15) is 0 Å². The molecule has 1 aromatic carbocycles. The van der Waals surface area contributed by atoms with Crippen LogP contribution in [0.1, 0.15) is 18.1 Å². The van der Waals surface area contributed by atoms with Crippen molar-refractivity contribution in [2.75, 3.05) is 6.54 Å². The molecule has 1 aromatic heterocycles. The molecule has 0 aliphatic rings. The van der Waals surface area contributed by atoms with E-state index in [1.165, 1.54) is 16.0 Å². The van der Waals surface area contributed by atoms with E-state index in [0.29, 0.717) is 0 Å². The minimum absolute atomic E-state index is 0.874. The van der Waals surface area contributed by atoms with Crippen molar-refractivity contribution in [1.29, 1.82) is 0 Å². The second-order valence-corrected chi connectivity index (χ2v) is 5.15. The maximum atomic E-state index is 4.49. The normalized spacial score (nSPS) is 10.6. The van der Waals surface area contributed by atoms with Gasteiger partial charge in [-0.25, -0.2) is 4.98 Å². The number of nitrogens with one attached hydrogen (secondary N) is 1. The summed E-state index contributed by atoms with van der Waals surface area (Å²) in [6, 6.07) is 12.5. The average molecular weight is 258 g/mol. The van der Waals surface area contributed by atoms with Crippen LogP contribution in [-0.2, 0) is 6.54 Å². The second kappa shape index (κ2) is 6.57. The monoisotopic (exact) mass is 258 g/mol. The molecule has 0 aliphatic carbocycles.